The van der Waals surface area contributed by atoms with Crippen molar-refractivity contribution in [3.05, 3.63) is 65.7 Å². The minimum absolute atomic E-state index is 0.0973. The average Bonchev–Trinajstić information content (AvgIpc) is 2.46. The second-order valence-corrected chi connectivity index (χ2v) is 4.13. The molecule has 0 aromatic heterocycles. The van der Waals surface area contributed by atoms with Crippen LogP contribution in [0.4, 0.5) is 0 Å². The molecule has 91 valence electrons. The van der Waals surface area contributed by atoms with E-state index in [1.165, 1.54) is 0 Å². The van der Waals surface area contributed by atoms with E-state index in [0.717, 1.165) is 11.1 Å². The lowest BCUT2D eigenvalue weighted by atomic mass is 9.92. The molecule has 0 saturated carbocycles. The Bertz CT molecular complexity index is 532. The Morgan fingerprint density at radius 2 is 1.83 bits per heavy atom. The molecular formula is C16H15O2. The van der Waals surface area contributed by atoms with Gasteiger partial charge in [0.1, 0.15) is 5.75 Å². The monoisotopic (exact) mass is 239 g/mol. The summed E-state index contributed by atoms with van der Waals surface area (Å²) in [6.07, 6.45) is 0. The summed E-state index contributed by atoms with van der Waals surface area (Å²) in [7, 11) is 1.60. The molecule has 2 aromatic carbocycles. The van der Waals surface area contributed by atoms with Crippen molar-refractivity contribution < 1.29 is 9.53 Å². The summed E-state index contributed by atoms with van der Waals surface area (Å²) >= 11 is 0. The first kappa shape index (κ1) is 12.4. The third-order valence-electron chi connectivity index (χ3n) is 2.93. The number of hydrogen-bond acceptors (Lipinski definition) is 2. The molecule has 2 heteroatoms. The third kappa shape index (κ3) is 2.59. The van der Waals surface area contributed by atoms with Crippen LogP contribution >= 0.6 is 0 Å². The van der Waals surface area contributed by atoms with E-state index in [9.17, 15) is 4.79 Å². The number of rotatable bonds is 4. The SMILES string of the molecule is COc1[c]c(C(C)C(=O)c2ccccc2)ccc1. The van der Waals surface area contributed by atoms with Crippen LogP contribution in [0.5, 0.6) is 5.75 Å². The van der Waals surface area contributed by atoms with Gasteiger partial charge in [-0.25, -0.2) is 0 Å². The van der Waals surface area contributed by atoms with Crippen molar-refractivity contribution in [1.82, 2.24) is 0 Å². The Morgan fingerprint density at radius 3 is 2.50 bits per heavy atom. The van der Waals surface area contributed by atoms with E-state index in [4.69, 9.17) is 4.74 Å². The highest BCUT2D eigenvalue weighted by atomic mass is 16.5. The molecule has 0 N–H and O–H groups in total. The summed E-state index contributed by atoms with van der Waals surface area (Å²) < 4.78 is 5.12. The molecule has 1 atom stereocenters. The standard InChI is InChI=1S/C16H15O2/c1-12(14-9-6-10-15(11-14)18-2)16(17)13-7-4-3-5-8-13/h3-10,12H,1-2H3. The van der Waals surface area contributed by atoms with Crippen molar-refractivity contribution >= 4 is 5.78 Å². The van der Waals surface area contributed by atoms with Gasteiger partial charge in [-0.2, -0.15) is 0 Å². The van der Waals surface area contributed by atoms with Crippen LogP contribution < -0.4 is 4.74 Å². The van der Waals surface area contributed by atoms with Crippen molar-refractivity contribution in [1.29, 1.82) is 0 Å². The molecule has 2 rings (SSSR count). The number of carbonyl (C=O) groups excluding carboxylic acids is 1. The maximum absolute atomic E-state index is 12.3. The average molecular weight is 239 g/mol. The molecule has 2 nitrogen and oxygen atoms in total. The number of ether oxygens (including phenoxy) is 1. The zero-order valence-corrected chi connectivity index (χ0v) is 10.5. The number of methoxy groups -OCH3 is 1. The van der Waals surface area contributed by atoms with Gasteiger partial charge < -0.3 is 4.74 Å². The fourth-order valence-electron chi connectivity index (χ4n) is 1.83. The van der Waals surface area contributed by atoms with E-state index < -0.39 is 0 Å². The van der Waals surface area contributed by atoms with Crippen molar-refractivity contribution in [2.45, 2.75) is 12.8 Å². The van der Waals surface area contributed by atoms with Crippen LogP contribution in [0.1, 0.15) is 28.8 Å². The Morgan fingerprint density at radius 1 is 1.11 bits per heavy atom. The van der Waals surface area contributed by atoms with Crippen LogP contribution in [0.15, 0.2) is 48.5 Å². The second kappa shape index (κ2) is 5.50. The van der Waals surface area contributed by atoms with Gasteiger partial charge in [-0.1, -0.05) is 49.4 Å². The van der Waals surface area contributed by atoms with Gasteiger partial charge in [0, 0.05) is 17.5 Å². The first-order valence-corrected chi connectivity index (χ1v) is 5.88. The number of hydrogen-bond donors (Lipinski definition) is 0. The highest BCUT2D eigenvalue weighted by Gasteiger charge is 2.17. The summed E-state index contributed by atoms with van der Waals surface area (Å²) in [6.45, 7) is 1.89. The predicted octanol–water partition coefficient (Wildman–Crippen LogP) is 3.48. The van der Waals surface area contributed by atoms with Crippen LogP contribution in [0.25, 0.3) is 0 Å². The summed E-state index contributed by atoms with van der Waals surface area (Å²) in [4.78, 5) is 12.3. The summed E-state index contributed by atoms with van der Waals surface area (Å²) in [5.41, 5.74) is 1.57. The highest BCUT2D eigenvalue weighted by Crippen LogP contribution is 2.23. The quantitative estimate of drug-likeness (QED) is 0.763. The smallest absolute Gasteiger partial charge is 0.170 e. The maximum atomic E-state index is 12.3. The van der Waals surface area contributed by atoms with Gasteiger partial charge in [-0.15, -0.1) is 0 Å². The highest BCUT2D eigenvalue weighted by molar-refractivity contribution is 6.00. The zero-order valence-electron chi connectivity index (χ0n) is 10.5. The molecule has 0 heterocycles. The van der Waals surface area contributed by atoms with Gasteiger partial charge in [-0.05, 0) is 11.6 Å². The summed E-state index contributed by atoms with van der Waals surface area (Å²) in [6, 6.07) is 18.0. The molecule has 0 fully saturated rings. The van der Waals surface area contributed by atoms with Crippen molar-refractivity contribution in [2.75, 3.05) is 7.11 Å². The topological polar surface area (TPSA) is 26.3 Å². The lowest BCUT2D eigenvalue weighted by Crippen LogP contribution is -2.09. The predicted molar refractivity (Wildman–Crippen MR) is 71.0 cm³/mol. The van der Waals surface area contributed by atoms with Crippen LogP contribution in [0.2, 0.25) is 0 Å². The van der Waals surface area contributed by atoms with Gasteiger partial charge in [-0.3, -0.25) is 4.79 Å². The molecule has 0 aliphatic heterocycles. The van der Waals surface area contributed by atoms with Gasteiger partial charge >= 0.3 is 0 Å². The van der Waals surface area contributed by atoms with E-state index in [2.05, 4.69) is 6.07 Å². The van der Waals surface area contributed by atoms with Crippen LogP contribution in [-0.4, -0.2) is 12.9 Å². The molecule has 0 saturated heterocycles. The third-order valence-corrected chi connectivity index (χ3v) is 2.93. The summed E-state index contributed by atoms with van der Waals surface area (Å²) in [5, 5.41) is 0. The van der Waals surface area contributed by atoms with E-state index in [1.54, 1.807) is 7.11 Å². The minimum Gasteiger partial charge on any atom is -0.496 e. The zero-order chi connectivity index (χ0) is 13.0. The fraction of sp³-hybridized carbons (Fsp3) is 0.188. The molecule has 2 aromatic rings. The lowest BCUT2D eigenvalue weighted by Gasteiger charge is -2.11. The molecule has 1 unspecified atom stereocenters. The first-order chi connectivity index (χ1) is 8.72. The molecule has 0 bridgehead atoms. The Kier molecular flexibility index (Phi) is 3.78. The van der Waals surface area contributed by atoms with Crippen molar-refractivity contribution in [3.8, 4) is 5.75 Å². The largest absolute Gasteiger partial charge is 0.496 e. The van der Waals surface area contributed by atoms with Crippen molar-refractivity contribution in [3.63, 3.8) is 0 Å². The van der Waals surface area contributed by atoms with E-state index >= 15 is 0 Å². The van der Waals surface area contributed by atoms with E-state index in [0.29, 0.717) is 5.75 Å². The van der Waals surface area contributed by atoms with Gasteiger partial charge in [0.15, 0.2) is 5.78 Å². The Hall–Kier alpha value is -2.09. The van der Waals surface area contributed by atoms with E-state index in [-0.39, 0.29) is 11.7 Å². The second-order valence-electron chi connectivity index (χ2n) is 4.13. The minimum atomic E-state index is -0.220. The van der Waals surface area contributed by atoms with Gasteiger partial charge in [0.25, 0.3) is 0 Å². The van der Waals surface area contributed by atoms with Crippen LogP contribution in [-0.2, 0) is 0 Å². The molecule has 18 heavy (non-hydrogen) atoms. The molecule has 0 aliphatic carbocycles. The van der Waals surface area contributed by atoms with Crippen LogP contribution in [0.3, 0.4) is 0 Å². The first-order valence-electron chi connectivity index (χ1n) is 5.88. The van der Waals surface area contributed by atoms with Crippen LogP contribution in [0, 0.1) is 6.07 Å². The lowest BCUT2D eigenvalue weighted by molar-refractivity contribution is 0.0966. The van der Waals surface area contributed by atoms with E-state index in [1.807, 2.05) is 55.5 Å². The fourth-order valence-corrected chi connectivity index (χ4v) is 1.83. The number of ketones is 1. The Balaban J connectivity index is 2.25. The number of Topliss-reactive ketones (excluding diaryl/α,β-unsaturated/α-hetero) is 1. The maximum Gasteiger partial charge on any atom is 0.170 e. The molecule has 1 radical (unpaired) electrons. The molecular weight excluding hydrogens is 224 g/mol. The van der Waals surface area contributed by atoms with Crippen molar-refractivity contribution in [2.24, 2.45) is 0 Å². The molecule has 0 amide bonds. The molecule has 0 spiro atoms. The number of benzene rings is 2. The van der Waals surface area contributed by atoms with Gasteiger partial charge in [0.2, 0.25) is 0 Å². The Labute approximate surface area is 107 Å². The summed E-state index contributed by atoms with van der Waals surface area (Å²) in [5.74, 6) is 0.530. The van der Waals surface area contributed by atoms with Gasteiger partial charge in [0.05, 0.1) is 7.11 Å². The number of carbonyl (C=O) groups is 1. The molecule has 0 aliphatic rings. The normalized spacial score (nSPS) is 11.9.